The van der Waals surface area contributed by atoms with Crippen molar-refractivity contribution in [3.05, 3.63) is 42.1 Å². The maximum atomic E-state index is 7.27. The topological polar surface area (TPSA) is 74.7 Å². The van der Waals surface area contributed by atoms with Crippen LogP contribution in [-0.4, -0.2) is 17.7 Å². The zero-order valence-electron chi connectivity index (χ0n) is 11.1. The molecule has 0 amide bonds. The molecule has 1 aromatic carbocycles. The van der Waals surface area contributed by atoms with E-state index in [0.717, 1.165) is 11.3 Å². The molecule has 0 aliphatic heterocycles. The minimum Gasteiger partial charge on any atom is -0.497 e. The normalized spacial score (nSPS) is 11.5. The van der Waals surface area contributed by atoms with E-state index in [1.54, 1.807) is 12.1 Å². The molecule has 0 atom stereocenters. The Bertz CT molecular complexity index is 412. The molecule has 0 spiro atoms. The molecule has 0 fully saturated rings. The molecule has 5 heteroatoms. The van der Waals surface area contributed by atoms with E-state index in [1.807, 2.05) is 44.2 Å². The number of ether oxygens (including phenoxy) is 1. The van der Waals surface area contributed by atoms with Crippen LogP contribution in [0.15, 0.2) is 41.8 Å². The van der Waals surface area contributed by atoms with E-state index in [-0.39, 0.29) is 0 Å². The molecule has 0 saturated heterocycles. The van der Waals surface area contributed by atoms with Gasteiger partial charge in [0.1, 0.15) is 5.75 Å². The van der Waals surface area contributed by atoms with Gasteiger partial charge in [-0.05, 0) is 43.8 Å². The van der Waals surface area contributed by atoms with Crippen molar-refractivity contribution < 1.29 is 4.74 Å². The summed E-state index contributed by atoms with van der Waals surface area (Å²) in [7, 11) is 1.63. The van der Waals surface area contributed by atoms with Gasteiger partial charge in [-0.25, -0.2) is 0 Å². The van der Waals surface area contributed by atoms with Crippen LogP contribution in [0.25, 0.3) is 0 Å². The van der Waals surface area contributed by atoms with Gasteiger partial charge in [0.05, 0.1) is 19.2 Å². The second-order valence-electron chi connectivity index (χ2n) is 4.52. The van der Waals surface area contributed by atoms with Crippen molar-refractivity contribution in [2.45, 2.75) is 25.9 Å². The number of benzene rings is 1. The number of methoxy groups -OCH3 is 1. The zero-order chi connectivity index (χ0) is 13.6. The summed E-state index contributed by atoms with van der Waals surface area (Å²) in [4.78, 5) is 0. The molecule has 5 nitrogen and oxygen atoms in total. The maximum absolute atomic E-state index is 7.27. The fraction of sp³-hybridized carbons (Fsp3) is 0.385. The molecule has 0 aliphatic rings. The van der Waals surface area contributed by atoms with Crippen LogP contribution in [0.3, 0.4) is 0 Å². The quantitative estimate of drug-likeness (QED) is 0.600. The average molecular weight is 248 g/mol. The highest BCUT2D eigenvalue weighted by atomic mass is 16.5. The lowest BCUT2D eigenvalue weighted by molar-refractivity contribution is 0.140. The first-order valence-corrected chi connectivity index (χ1v) is 5.71. The molecule has 0 bridgehead atoms. The van der Waals surface area contributed by atoms with Crippen LogP contribution in [0.5, 0.6) is 5.75 Å². The van der Waals surface area contributed by atoms with Gasteiger partial charge in [0, 0.05) is 0 Å². The fourth-order valence-corrected chi connectivity index (χ4v) is 1.59. The number of nitrogens with one attached hydrogen (secondary N) is 1. The zero-order valence-corrected chi connectivity index (χ0v) is 11.1. The minimum atomic E-state index is -0.392. The molecular weight excluding hydrogens is 228 g/mol. The summed E-state index contributed by atoms with van der Waals surface area (Å²) in [5.41, 5.74) is 13.4. The van der Waals surface area contributed by atoms with Crippen molar-refractivity contribution in [3.63, 3.8) is 0 Å². The summed E-state index contributed by atoms with van der Waals surface area (Å²) in [6.45, 7) is 4.46. The van der Waals surface area contributed by atoms with Gasteiger partial charge in [0.15, 0.2) is 0 Å². The van der Waals surface area contributed by atoms with Gasteiger partial charge in [-0.3, -0.25) is 5.01 Å². The third-order valence-corrected chi connectivity index (χ3v) is 2.78. The third-order valence-electron chi connectivity index (χ3n) is 2.78. The standard InChI is InChI=1S/C13H20N4O/c1-13(2,8-9-14)17(16-15)10-11-4-6-12(18-3)7-5-11/h4-9,15H,10,14H2,1-3H3/b9-8-,16-15?. The van der Waals surface area contributed by atoms with Crippen LogP contribution in [0, 0.1) is 5.53 Å². The van der Waals surface area contributed by atoms with Crippen molar-refractivity contribution in [1.82, 2.24) is 5.01 Å². The summed E-state index contributed by atoms with van der Waals surface area (Å²) in [6.07, 6.45) is 3.29. The smallest absolute Gasteiger partial charge is 0.118 e. The lowest BCUT2D eigenvalue weighted by Crippen LogP contribution is -2.37. The molecule has 3 N–H and O–H groups in total. The lowest BCUT2D eigenvalue weighted by atomic mass is 10.0. The van der Waals surface area contributed by atoms with E-state index in [0.29, 0.717) is 6.54 Å². The Morgan fingerprint density at radius 1 is 1.39 bits per heavy atom. The molecule has 98 valence electrons. The SMILES string of the molecule is COc1ccc(CN(N=N)C(C)(C)/C=C\N)cc1. The summed E-state index contributed by atoms with van der Waals surface area (Å²) >= 11 is 0. The number of nitrogens with zero attached hydrogens (tertiary/aromatic N) is 2. The Morgan fingerprint density at radius 2 is 2.00 bits per heavy atom. The first kappa shape index (κ1) is 14.0. The molecule has 18 heavy (non-hydrogen) atoms. The van der Waals surface area contributed by atoms with Gasteiger partial charge in [0.25, 0.3) is 0 Å². The summed E-state index contributed by atoms with van der Waals surface area (Å²) < 4.78 is 5.10. The number of nitrogens with two attached hydrogens (primary N) is 1. The van der Waals surface area contributed by atoms with Crippen molar-refractivity contribution in [2.24, 2.45) is 11.0 Å². The van der Waals surface area contributed by atoms with E-state index >= 15 is 0 Å². The number of rotatable bonds is 6. The average Bonchev–Trinajstić information content (AvgIpc) is 2.36. The van der Waals surface area contributed by atoms with Crippen molar-refractivity contribution in [3.8, 4) is 5.75 Å². The van der Waals surface area contributed by atoms with E-state index in [2.05, 4.69) is 5.22 Å². The van der Waals surface area contributed by atoms with Gasteiger partial charge >= 0.3 is 0 Å². The maximum Gasteiger partial charge on any atom is 0.118 e. The van der Waals surface area contributed by atoms with Crippen molar-refractivity contribution in [2.75, 3.05) is 7.11 Å². The summed E-state index contributed by atoms with van der Waals surface area (Å²) in [5, 5.41) is 5.23. The van der Waals surface area contributed by atoms with Gasteiger partial charge in [0.2, 0.25) is 0 Å². The van der Waals surface area contributed by atoms with Crippen LogP contribution < -0.4 is 10.5 Å². The highest BCUT2D eigenvalue weighted by Gasteiger charge is 2.22. The van der Waals surface area contributed by atoms with Gasteiger partial charge in [-0.1, -0.05) is 17.4 Å². The highest BCUT2D eigenvalue weighted by Crippen LogP contribution is 2.21. The molecular formula is C13H20N4O. The van der Waals surface area contributed by atoms with E-state index < -0.39 is 5.54 Å². The van der Waals surface area contributed by atoms with Crippen LogP contribution in [0.2, 0.25) is 0 Å². The van der Waals surface area contributed by atoms with Crippen LogP contribution in [-0.2, 0) is 6.54 Å². The van der Waals surface area contributed by atoms with Gasteiger partial charge < -0.3 is 10.5 Å². The molecule has 0 saturated carbocycles. The Kier molecular flexibility index (Phi) is 4.71. The lowest BCUT2D eigenvalue weighted by Gasteiger charge is -2.32. The van der Waals surface area contributed by atoms with Crippen LogP contribution >= 0.6 is 0 Å². The molecule has 1 aromatic rings. The Labute approximate surface area is 108 Å². The van der Waals surface area contributed by atoms with Crippen LogP contribution in [0.4, 0.5) is 0 Å². The predicted molar refractivity (Wildman–Crippen MR) is 71.1 cm³/mol. The second-order valence-corrected chi connectivity index (χ2v) is 4.52. The second kappa shape index (κ2) is 6.05. The van der Waals surface area contributed by atoms with Gasteiger partial charge in [-0.2, -0.15) is 5.53 Å². The molecule has 0 heterocycles. The minimum absolute atomic E-state index is 0.392. The number of hydrogen-bond donors (Lipinski definition) is 2. The first-order chi connectivity index (χ1) is 8.53. The molecule has 1 rings (SSSR count). The molecule has 0 aromatic heterocycles. The Balaban J connectivity index is 2.82. The largest absolute Gasteiger partial charge is 0.497 e. The Morgan fingerprint density at radius 3 is 2.44 bits per heavy atom. The molecule has 0 unspecified atom stereocenters. The van der Waals surface area contributed by atoms with Crippen molar-refractivity contribution >= 4 is 0 Å². The monoisotopic (exact) mass is 248 g/mol. The molecule has 0 aliphatic carbocycles. The van der Waals surface area contributed by atoms with E-state index in [9.17, 15) is 0 Å². The number of hydrogen-bond acceptors (Lipinski definition) is 4. The summed E-state index contributed by atoms with van der Waals surface area (Å²) in [6, 6.07) is 7.70. The highest BCUT2D eigenvalue weighted by molar-refractivity contribution is 5.27. The van der Waals surface area contributed by atoms with E-state index in [1.165, 1.54) is 6.20 Å². The van der Waals surface area contributed by atoms with Crippen LogP contribution in [0.1, 0.15) is 19.4 Å². The third kappa shape index (κ3) is 3.48. The van der Waals surface area contributed by atoms with Gasteiger partial charge in [-0.15, -0.1) is 0 Å². The van der Waals surface area contributed by atoms with E-state index in [4.69, 9.17) is 16.0 Å². The predicted octanol–water partition coefficient (Wildman–Crippen LogP) is 2.69. The summed E-state index contributed by atoms with van der Waals surface area (Å²) in [5.74, 6) is 0.814. The molecule has 0 radical (unpaired) electrons. The fourth-order valence-electron chi connectivity index (χ4n) is 1.59. The Hall–Kier alpha value is -2.04. The first-order valence-electron chi connectivity index (χ1n) is 5.71. The van der Waals surface area contributed by atoms with Crippen molar-refractivity contribution in [1.29, 1.82) is 5.53 Å².